The zero-order chi connectivity index (χ0) is 12.4. The second kappa shape index (κ2) is 5.02. The van der Waals surface area contributed by atoms with Crippen LogP contribution < -0.4 is 5.73 Å². The van der Waals surface area contributed by atoms with Gasteiger partial charge in [0.25, 0.3) is 0 Å². The summed E-state index contributed by atoms with van der Waals surface area (Å²) in [5, 5.41) is 0. The smallest absolute Gasteiger partial charge is 0.214 e. The highest BCUT2D eigenvalue weighted by molar-refractivity contribution is 7.89. The summed E-state index contributed by atoms with van der Waals surface area (Å²) in [5.41, 5.74) is 5.86. The van der Waals surface area contributed by atoms with Crippen LogP contribution >= 0.6 is 0 Å². The van der Waals surface area contributed by atoms with E-state index in [1.807, 2.05) is 0 Å². The lowest BCUT2D eigenvalue weighted by Gasteiger charge is -2.30. The monoisotopic (exact) mass is 248 g/mol. The molecule has 0 radical (unpaired) electrons. The molecule has 1 aliphatic rings. The first-order valence-corrected chi connectivity index (χ1v) is 7.55. The van der Waals surface area contributed by atoms with Crippen molar-refractivity contribution in [1.82, 2.24) is 4.31 Å². The molecule has 1 fully saturated rings. The molecule has 2 N–H and O–H groups in total. The van der Waals surface area contributed by atoms with Crippen molar-refractivity contribution in [3.8, 4) is 0 Å². The van der Waals surface area contributed by atoms with Gasteiger partial charge in [-0.3, -0.25) is 0 Å². The average molecular weight is 248 g/mol. The fourth-order valence-electron chi connectivity index (χ4n) is 1.79. The molecule has 1 atom stereocenters. The molecule has 0 saturated carbocycles. The van der Waals surface area contributed by atoms with Crippen molar-refractivity contribution in [1.29, 1.82) is 0 Å². The SMILES string of the molecule is CC(C)(C)CCS(=O)(=O)N1CCCC(N)C1. The van der Waals surface area contributed by atoms with E-state index >= 15 is 0 Å². The third-order valence-electron chi connectivity index (χ3n) is 2.92. The summed E-state index contributed by atoms with van der Waals surface area (Å²) in [4.78, 5) is 0. The summed E-state index contributed by atoms with van der Waals surface area (Å²) in [6.07, 6.45) is 2.52. The van der Waals surface area contributed by atoms with Crippen molar-refractivity contribution in [3.05, 3.63) is 0 Å². The minimum absolute atomic E-state index is 0.0122. The molecule has 0 bridgehead atoms. The van der Waals surface area contributed by atoms with Crippen molar-refractivity contribution in [2.24, 2.45) is 11.1 Å². The van der Waals surface area contributed by atoms with Crippen LogP contribution in [0, 0.1) is 5.41 Å². The number of hydrogen-bond donors (Lipinski definition) is 1. The van der Waals surface area contributed by atoms with E-state index in [2.05, 4.69) is 20.8 Å². The molecular formula is C11H24N2O2S. The average Bonchev–Trinajstić information content (AvgIpc) is 2.14. The lowest BCUT2D eigenvalue weighted by atomic mass is 9.94. The first-order chi connectivity index (χ1) is 7.21. The van der Waals surface area contributed by atoms with Gasteiger partial charge in [0.05, 0.1) is 5.75 Å². The molecule has 1 heterocycles. The number of sulfonamides is 1. The first-order valence-electron chi connectivity index (χ1n) is 5.94. The predicted molar refractivity (Wildman–Crippen MR) is 66.6 cm³/mol. The van der Waals surface area contributed by atoms with E-state index in [-0.39, 0.29) is 17.2 Å². The lowest BCUT2D eigenvalue weighted by molar-refractivity contribution is 0.312. The Labute approximate surface area is 99.2 Å². The van der Waals surface area contributed by atoms with Gasteiger partial charge in [0.15, 0.2) is 0 Å². The van der Waals surface area contributed by atoms with Gasteiger partial charge in [0, 0.05) is 19.1 Å². The Hall–Kier alpha value is -0.130. The Bertz CT molecular complexity index is 319. The molecule has 0 amide bonds. The maximum atomic E-state index is 12.0. The molecule has 1 rings (SSSR count). The largest absolute Gasteiger partial charge is 0.327 e. The first kappa shape index (κ1) is 13.9. The van der Waals surface area contributed by atoms with E-state index in [1.165, 1.54) is 0 Å². The van der Waals surface area contributed by atoms with Crippen LogP contribution in [-0.4, -0.2) is 37.6 Å². The fraction of sp³-hybridized carbons (Fsp3) is 1.00. The number of hydrogen-bond acceptors (Lipinski definition) is 3. The van der Waals surface area contributed by atoms with E-state index in [1.54, 1.807) is 4.31 Å². The van der Waals surface area contributed by atoms with Gasteiger partial charge in [-0.15, -0.1) is 0 Å². The van der Waals surface area contributed by atoms with Crippen LogP contribution in [0.5, 0.6) is 0 Å². The van der Waals surface area contributed by atoms with Crippen molar-refractivity contribution in [2.45, 2.75) is 46.1 Å². The van der Waals surface area contributed by atoms with Gasteiger partial charge in [0.2, 0.25) is 10.0 Å². The molecule has 0 aromatic carbocycles. The van der Waals surface area contributed by atoms with E-state index in [0.717, 1.165) is 12.8 Å². The Kier molecular flexibility index (Phi) is 4.37. The summed E-state index contributed by atoms with van der Waals surface area (Å²) in [6, 6.07) is 0.0122. The van der Waals surface area contributed by atoms with Crippen molar-refractivity contribution in [3.63, 3.8) is 0 Å². The van der Waals surface area contributed by atoms with Crippen LogP contribution in [0.15, 0.2) is 0 Å². The van der Waals surface area contributed by atoms with Crippen molar-refractivity contribution >= 4 is 10.0 Å². The van der Waals surface area contributed by atoms with Gasteiger partial charge in [-0.2, -0.15) is 0 Å². The van der Waals surface area contributed by atoms with Crippen LogP contribution in [0.2, 0.25) is 0 Å². The van der Waals surface area contributed by atoms with Gasteiger partial charge in [-0.05, 0) is 24.7 Å². The van der Waals surface area contributed by atoms with E-state index in [9.17, 15) is 8.42 Å². The fourth-order valence-corrected chi connectivity index (χ4v) is 3.75. The quantitative estimate of drug-likeness (QED) is 0.815. The molecule has 16 heavy (non-hydrogen) atoms. The van der Waals surface area contributed by atoms with Crippen LogP contribution in [0.1, 0.15) is 40.0 Å². The van der Waals surface area contributed by atoms with E-state index in [0.29, 0.717) is 19.5 Å². The molecule has 0 aromatic heterocycles. The lowest BCUT2D eigenvalue weighted by Crippen LogP contribution is -2.46. The van der Waals surface area contributed by atoms with Crippen LogP contribution in [0.25, 0.3) is 0 Å². The molecule has 1 aliphatic heterocycles. The normalized spacial score (nSPS) is 24.6. The highest BCUT2D eigenvalue weighted by atomic mass is 32.2. The van der Waals surface area contributed by atoms with Crippen molar-refractivity contribution < 1.29 is 8.42 Å². The summed E-state index contributed by atoms with van der Waals surface area (Å²) >= 11 is 0. The highest BCUT2D eigenvalue weighted by Crippen LogP contribution is 2.21. The predicted octanol–water partition coefficient (Wildman–Crippen LogP) is 1.18. The van der Waals surface area contributed by atoms with Gasteiger partial charge in [0.1, 0.15) is 0 Å². The third kappa shape index (κ3) is 4.39. The zero-order valence-corrected chi connectivity index (χ0v) is 11.4. The summed E-state index contributed by atoms with van der Waals surface area (Å²) in [5.74, 6) is 0.239. The minimum Gasteiger partial charge on any atom is -0.327 e. The zero-order valence-electron chi connectivity index (χ0n) is 10.6. The molecular weight excluding hydrogens is 224 g/mol. The van der Waals surface area contributed by atoms with Crippen LogP contribution in [0.3, 0.4) is 0 Å². The standard InChI is InChI=1S/C11H24N2O2S/c1-11(2,3)6-8-16(14,15)13-7-4-5-10(12)9-13/h10H,4-9,12H2,1-3H3. The molecule has 4 nitrogen and oxygen atoms in total. The van der Waals surface area contributed by atoms with Gasteiger partial charge < -0.3 is 5.73 Å². The van der Waals surface area contributed by atoms with Crippen molar-refractivity contribution in [2.75, 3.05) is 18.8 Å². The second-order valence-electron chi connectivity index (χ2n) is 5.89. The molecule has 1 unspecified atom stereocenters. The molecule has 0 aliphatic carbocycles. The third-order valence-corrected chi connectivity index (χ3v) is 4.76. The number of piperidine rings is 1. The Balaban J connectivity index is 2.56. The minimum atomic E-state index is -3.10. The topological polar surface area (TPSA) is 63.4 Å². The molecule has 5 heteroatoms. The van der Waals surface area contributed by atoms with E-state index < -0.39 is 10.0 Å². The Morgan fingerprint density at radius 3 is 2.50 bits per heavy atom. The second-order valence-corrected chi connectivity index (χ2v) is 7.98. The molecule has 1 saturated heterocycles. The van der Waals surface area contributed by atoms with E-state index in [4.69, 9.17) is 5.73 Å². The summed E-state index contributed by atoms with van der Waals surface area (Å²) in [6.45, 7) is 7.31. The van der Waals surface area contributed by atoms with Crippen LogP contribution in [-0.2, 0) is 10.0 Å². The summed E-state index contributed by atoms with van der Waals surface area (Å²) < 4.78 is 25.7. The maximum absolute atomic E-state index is 12.0. The summed E-state index contributed by atoms with van der Waals surface area (Å²) in [7, 11) is -3.10. The molecule has 96 valence electrons. The molecule has 0 spiro atoms. The highest BCUT2D eigenvalue weighted by Gasteiger charge is 2.28. The Morgan fingerprint density at radius 2 is 2.00 bits per heavy atom. The van der Waals surface area contributed by atoms with Gasteiger partial charge in [-0.25, -0.2) is 12.7 Å². The number of nitrogens with zero attached hydrogens (tertiary/aromatic N) is 1. The maximum Gasteiger partial charge on any atom is 0.214 e. The number of rotatable bonds is 3. The van der Waals surface area contributed by atoms with Gasteiger partial charge >= 0.3 is 0 Å². The number of nitrogens with two attached hydrogens (primary N) is 1. The van der Waals surface area contributed by atoms with Gasteiger partial charge in [-0.1, -0.05) is 20.8 Å². The molecule has 0 aromatic rings. The Morgan fingerprint density at radius 1 is 1.38 bits per heavy atom. The van der Waals surface area contributed by atoms with Crippen LogP contribution in [0.4, 0.5) is 0 Å².